The van der Waals surface area contributed by atoms with Crippen LogP contribution in [0, 0.1) is 0 Å². The molecular weight excluding hydrogens is 293 g/mol. The molecule has 2 rings (SSSR count). The van der Waals surface area contributed by atoms with Crippen LogP contribution < -0.4 is 5.32 Å². The van der Waals surface area contributed by atoms with E-state index < -0.39 is 0 Å². The van der Waals surface area contributed by atoms with Gasteiger partial charge in [-0.25, -0.2) is 0 Å². The predicted molar refractivity (Wildman–Crippen MR) is 83.1 cm³/mol. The Kier molecular flexibility index (Phi) is 5.45. The average Bonchev–Trinajstić information content (AvgIpc) is 2.46. The Morgan fingerprint density at radius 1 is 0.950 bits per heavy atom. The van der Waals surface area contributed by atoms with Crippen LogP contribution in [0.4, 0.5) is 0 Å². The van der Waals surface area contributed by atoms with Gasteiger partial charge in [0.05, 0.1) is 0 Å². The van der Waals surface area contributed by atoms with Crippen molar-refractivity contribution in [2.45, 2.75) is 19.4 Å². The van der Waals surface area contributed by atoms with Gasteiger partial charge >= 0.3 is 0 Å². The average molecular weight is 308 g/mol. The zero-order chi connectivity index (χ0) is 14.4. The fourth-order valence-corrected chi connectivity index (χ4v) is 2.48. The fraction of sp³-hybridized carbons (Fsp3) is 0.188. The maximum absolute atomic E-state index is 11.8. The molecule has 20 heavy (non-hydrogen) atoms. The van der Waals surface area contributed by atoms with Gasteiger partial charge in [-0.2, -0.15) is 0 Å². The molecule has 1 N–H and O–H groups in total. The van der Waals surface area contributed by atoms with Crippen LogP contribution in [0.2, 0.25) is 10.0 Å². The second kappa shape index (κ2) is 7.32. The molecule has 4 heteroatoms. The van der Waals surface area contributed by atoms with E-state index in [0.29, 0.717) is 29.4 Å². The molecule has 2 aromatic carbocycles. The third kappa shape index (κ3) is 4.26. The SMILES string of the molecule is O=C(CCc1c(Cl)cccc1Cl)NCc1ccccc1. The van der Waals surface area contributed by atoms with Crippen LogP contribution in [-0.2, 0) is 17.8 Å². The van der Waals surface area contributed by atoms with Gasteiger partial charge in [-0.05, 0) is 29.7 Å². The number of benzene rings is 2. The van der Waals surface area contributed by atoms with E-state index in [0.717, 1.165) is 11.1 Å². The summed E-state index contributed by atoms with van der Waals surface area (Å²) in [4.78, 5) is 11.8. The molecule has 0 heterocycles. The van der Waals surface area contributed by atoms with Crippen molar-refractivity contribution in [2.24, 2.45) is 0 Å². The fourth-order valence-electron chi connectivity index (χ4n) is 1.89. The van der Waals surface area contributed by atoms with Gasteiger partial charge in [-0.3, -0.25) is 4.79 Å². The molecular formula is C16H15Cl2NO. The number of hydrogen-bond donors (Lipinski definition) is 1. The van der Waals surface area contributed by atoms with Crippen molar-refractivity contribution in [1.29, 1.82) is 0 Å². The van der Waals surface area contributed by atoms with Crippen molar-refractivity contribution in [2.75, 3.05) is 0 Å². The molecule has 0 radical (unpaired) electrons. The normalized spacial score (nSPS) is 10.3. The summed E-state index contributed by atoms with van der Waals surface area (Å²) in [6.45, 7) is 0.538. The summed E-state index contributed by atoms with van der Waals surface area (Å²) in [6.07, 6.45) is 0.912. The summed E-state index contributed by atoms with van der Waals surface area (Å²) in [6, 6.07) is 15.2. The smallest absolute Gasteiger partial charge is 0.220 e. The second-order valence-electron chi connectivity index (χ2n) is 4.46. The maximum Gasteiger partial charge on any atom is 0.220 e. The predicted octanol–water partition coefficient (Wildman–Crippen LogP) is 4.24. The van der Waals surface area contributed by atoms with Crippen molar-refractivity contribution < 1.29 is 4.79 Å². The first-order chi connectivity index (χ1) is 9.66. The van der Waals surface area contributed by atoms with Gasteiger partial charge in [0, 0.05) is 23.0 Å². The quantitative estimate of drug-likeness (QED) is 0.879. The standard InChI is InChI=1S/C16H15Cl2NO/c17-14-7-4-8-15(18)13(14)9-10-16(20)19-11-12-5-2-1-3-6-12/h1-8H,9-11H2,(H,19,20). The van der Waals surface area contributed by atoms with Crippen LogP contribution in [0.25, 0.3) is 0 Å². The van der Waals surface area contributed by atoms with Gasteiger partial charge in [0.25, 0.3) is 0 Å². The van der Waals surface area contributed by atoms with E-state index in [1.54, 1.807) is 18.2 Å². The number of carbonyl (C=O) groups excluding carboxylic acids is 1. The Balaban J connectivity index is 1.84. The lowest BCUT2D eigenvalue weighted by molar-refractivity contribution is -0.121. The van der Waals surface area contributed by atoms with E-state index >= 15 is 0 Å². The Bertz CT molecular complexity index is 564. The molecule has 104 valence electrons. The Hall–Kier alpha value is -1.51. The van der Waals surface area contributed by atoms with Crippen molar-refractivity contribution in [1.82, 2.24) is 5.32 Å². The summed E-state index contributed by atoms with van der Waals surface area (Å²) >= 11 is 12.1. The number of nitrogens with one attached hydrogen (secondary N) is 1. The summed E-state index contributed by atoms with van der Waals surface area (Å²) in [5.74, 6) is -0.00941. The summed E-state index contributed by atoms with van der Waals surface area (Å²) in [5, 5.41) is 4.09. The third-order valence-electron chi connectivity index (χ3n) is 3.00. The van der Waals surface area contributed by atoms with Crippen LogP contribution >= 0.6 is 23.2 Å². The first-order valence-corrected chi connectivity index (χ1v) is 7.16. The highest BCUT2D eigenvalue weighted by atomic mass is 35.5. The largest absolute Gasteiger partial charge is 0.352 e. The molecule has 0 aliphatic heterocycles. The number of carbonyl (C=O) groups is 1. The van der Waals surface area contributed by atoms with Crippen LogP contribution in [-0.4, -0.2) is 5.91 Å². The number of hydrogen-bond acceptors (Lipinski definition) is 1. The lowest BCUT2D eigenvalue weighted by Gasteiger charge is -2.08. The lowest BCUT2D eigenvalue weighted by Crippen LogP contribution is -2.23. The highest BCUT2D eigenvalue weighted by Gasteiger charge is 2.08. The monoisotopic (exact) mass is 307 g/mol. The minimum Gasteiger partial charge on any atom is -0.352 e. The van der Waals surface area contributed by atoms with Crippen molar-refractivity contribution >= 4 is 29.1 Å². The molecule has 0 bridgehead atoms. The Morgan fingerprint density at radius 3 is 2.25 bits per heavy atom. The highest BCUT2D eigenvalue weighted by Crippen LogP contribution is 2.25. The minimum absolute atomic E-state index is 0.00941. The molecule has 1 amide bonds. The van der Waals surface area contributed by atoms with Crippen LogP contribution in [0.1, 0.15) is 17.5 Å². The van der Waals surface area contributed by atoms with E-state index in [9.17, 15) is 4.79 Å². The van der Waals surface area contributed by atoms with Crippen LogP contribution in [0.15, 0.2) is 48.5 Å². The van der Waals surface area contributed by atoms with Crippen molar-refractivity contribution in [3.05, 3.63) is 69.7 Å². The summed E-state index contributed by atoms with van der Waals surface area (Å²) in [7, 11) is 0. The molecule has 2 nitrogen and oxygen atoms in total. The van der Waals surface area contributed by atoms with Gasteiger partial charge in [0.2, 0.25) is 5.91 Å². The zero-order valence-corrected chi connectivity index (χ0v) is 12.4. The van der Waals surface area contributed by atoms with E-state index in [1.807, 2.05) is 30.3 Å². The van der Waals surface area contributed by atoms with E-state index in [2.05, 4.69) is 5.32 Å². The lowest BCUT2D eigenvalue weighted by atomic mass is 10.1. The number of halogens is 2. The topological polar surface area (TPSA) is 29.1 Å². The molecule has 0 atom stereocenters. The molecule has 0 fully saturated rings. The molecule has 2 aromatic rings. The van der Waals surface area contributed by atoms with Crippen molar-refractivity contribution in [3.8, 4) is 0 Å². The van der Waals surface area contributed by atoms with E-state index in [1.165, 1.54) is 0 Å². The van der Waals surface area contributed by atoms with Gasteiger partial charge in [0.1, 0.15) is 0 Å². The van der Waals surface area contributed by atoms with Gasteiger partial charge in [0.15, 0.2) is 0 Å². The minimum atomic E-state index is -0.00941. The van der Waals surface area contributed by atoms with Gasteiger partial charge in [-0.1, -0.05) is 59.6 Å². The highest BCUT2D eigenvalue weighted by molar-refractivity contribution is 6.36. The molecule has 0 aliphatic carbocycles. The first kappa shape index (κ1) is 14.9. The summed E-state index contributed by atoms with van der Waals surface area (Å²) < 4.78 is 0. The van der Waals surface area contributed by atoms with E-state index in [4.69, 9.17) is 23.2 Å². The number of amides is 1. The molecule has 0 spiro atoms. The van der Waals surface area contributed by atoms with Crippen LogP contribution in [0.5, 0.6) is 0 Å². The van der Waals surface area contributed by atoms with E-state index in [-0.39, 0.29) is 5.91 Å². The summed E-state index contributed by atoms with van der Waals surface area (Å²) in [5.41, 5.74) is 1.90. The van der Waals surface area contributed by atoms with Crippen LogP contribution in [0.3, 0.4) is 0 Å². The van der Waals surface area contributed by atoms with Crippen molar-refractivity contribution in [3.63, 3.8) is 0 Å². The second-order valence-corrected chi connectivity index (χ2v) is 5.28. The Labute approximate surface area is 128 Å². The zero-order valence-electron chi connectivity index (χ0n) is 10.9. The molecule has 0 aliphatic rings. The van der Waals surface area contributed by atoms with Gasteiger partial charge < -0.3 is 5.32 Å². The molecule has 0 aromatic heterocycles. The molecule has 0 saturated carbocycles. The third-order valence-corrected chi connectivity index (χ3v) is 3.70. The maximum atomic E-state index is 11.8. The van der Waals surface area contributed by atoms with Gasteiger partial charge in [-0.15, -0.1) is 0 Å². The first-order valence-electron chi connectivity index (χ1n) is 6.40. The molecule has 0 unspecified atom stereocenters. The Morgan fingerprint density at radius 2 is 1.60 bits per heavy atom. The molecule has 0 saturated heterocycles. The number of rotatable bonds is 5.